The highest BCUT2D eigenvalue weighted by Gasteiger charge is 2.33. The van der Waals surface area contributed by atoms with Crippen molar-refractivity contribution in [2.75, 3.05) is 13.7 Å². The van der Waals surface area contributed by atoms with Gasteiger partial charge in [0.15, 0.2) is 0 Å². The van der Waals surface area contributed by atoms with Crippen molar-refractivity contribution in [1.82, 2.24) is 5.32 Å². The van der Waals surface area contributed by atoms with Gasteiger partial charge in [0.1, 0.15) is 5.60 Å². The van der Waals surface area contributed by atoms with Gasteiger partial charge in [0.2, 0.25) is 0 Å². The lowest BCUT2D eigenvalue weighted by Gasteiger charge is -2.23. The summed E-state index contributed by atoms with van der Waals surface area (Å²) in [5.41, 5.74) is -0.439. The van der Waals surface area contributed by atoms with E-state index in [1.54, 1.807) is 7.11 Å². The molecule has 0 aromatic carbocycles. The first-order valence-electron chi connectivity index (χ1n) is 5.41. The van der Waals surface area contributed by atoms with Crippen LogP contribution in [-0.4, -0.2) is 31.5 Å². The van der Waals surface area contributed by atoms with E-state index < -0.39 is 5.60 Å². The molecular weight excluding hydrogens is 194 g/mol. The van der Waals surface area contributed by atoms with Gasteiger partial charge in [-0.15, -0.1) is 0 Å². The van der Waals surface area contributed by atoms with Crippen molar-refractivity contribution in [2.24, 2.45) is 5.92 Å². The highest BCUT2D eigenvalue weighted by atomic mass is 16.6. The Morgan fingerprint density at radius 3 is 2.47 bits per heavy atom. The maximum atomic E-state index is 11.5. The Morgan fingerprint density at radius 1 is 1.47 bits per heavy atom. The first-order valence-corrected chi connectivity index (χ1v) is 5.41. The summed E-state index contributed by atoms with van der Waals surface area (Å²) in [5, 5.41) is 2.85. The molecule has 0 radical (unpaired) electrons. The molecule has 0 aromatic heterocycles. The van der Waals surface area contributed by atoms with Crippen molar-refractivity contribution in [1.29, 1.82) is 0 Å². The molecule has 1 N–H and O–H groups in total. The molecule has 0 saturated heterocycles. The summed E-state index contributed by atoms with van der Waals surface area (Å²) in [6, 6.07) is 0.102. The van der Waals surface area contributed by atoms with Crippen LogP contribution in [0, 0.1) is 5.92 Å². The van der Waals surface area contributed by atoms with Gasteiger partial charge < -0.3 is 14.8 Å². The Bertz CT molecular complexity index is 218. The van der Waals surface area contributed by atoms with Crippen molar-refractivity contribution in [3.63, 3.8) is 0 Å². The Morgan fingerprint density at radius 2 is 2.07 bits per heavy atom. The molecule has 1 fully saturated rings. The molecule has 1 amide bonds. The molecule has 88 valence electrons. The molecular formula is C11H21NO3. The van der Waals surface area contributed by atoms with Crippen LogP contribution in [0.1, 0.15) is 33.6 Å². The minimum absolute atomic E-state index is 0.102. The molecule has 1 rings (SSSR count). The summed E-state index contributed by atoms with van der Waals surface area (Å²) in [5.74, 6) is 0.567. The standard InChI is InChI=1S/C11H21NO3/c1-11(2,3)15-10(13)12-9(7-14-4)8-5-6-8/h8-9H,5-7H2,1-4H3,(H,12,13)/t9-/m0/s1. The van der Waals surface area contributed by atoms with Crippen molar-refractivity contribution < 1.29 is 14.3 Å². The minimum Gasteiger partial charge on any atom is -0.444 e. The number of amides is 1. The number of hydrogen-bond acceptors (Lipinski definition) is 3. The number of carbonyl (C=O) groups is 1. The Hall–Kier alpha value is -0.770. The van der Waals surface area contributed by atoms with Crippen molar-refractivity contribution in [3.8, 4) is 0 Å². The molecule has 1 aliphatic carbocycles. The number of methoxy groups -OCH3 is 1. The maximum Gasteiger partial charge on any atom is 0.407 e. The topological polar surface area (TPSA) is 47.6 Å². The van der Waals surface area contributed by atoms with E-state index in [4.69, 9.17) is 9.47 Å². The molecule has 4 nitrogen and oxygen atoms in total. The predicted octanol–water partition coefficient (Wildman–Crippen LogP) is 1.94. The zero-order valence-electron chi connectivity index (χ0n) is 10.0. The Balaban J connectivity index is 2.33. The second-order valence-electron chi connectivity index (χ2n) is 5.05. The third-order valence-electron chi connectivity index (χ3n) is 2.24. The summed E-state index contributed by atoms with van der Waals surface area (Å²) in [4.78, 5) is 11.5. The molecule has 1 saturated carbocycles. The van der Waals surface area contributed by atoms with E-state index in [1.165, 1.54) is 12.8 Å². The van der Waals surface area contributed by atoms with Gasteiger partial charge in [-0.1, -0.05) is 0 Å². The number of carbonyl (C=O) groups excluding carboxylic acids is 1. The first kappa shape index (κ1) is 12.3. The summed E-state index contributed by atoms with van der Waals surface area (Å²) < 4.78 is 10.3. The van der Waals surface area contributed by atoms with Crippen molar-refractivity contribution in [3.05, 3.63) is 0 Å². The normalized spacial score (nSPS) is 18.4. The molecule has 0 spiro atoms. The van der Waals surface area contributed by atoms with E-state index in [2.05, 4.69) is 5.32 Å². The van der Waals surface area contributed by atoms with E-state index in [-0.39, 0.29) is 12.1 Å². The zero-order chi connectivity index (χ0) is 11.5. The Labute approximate surface area is 91.3 Å². The number of rotatable bonds is 4. The van der Waals surface area contributed by atoms with Crippen molar-refractivity contribution >= 4 is 6.09 Å². The second-order valence-corrected chi connectivity index (χ2v) is 5.05. The monoisotopic (exact) mass is 215 g/mol. The van der Waals surface area contributed by atoms with E-state index in [9.17, 15) is 4.79 Å². The fraction of sp³-hybridized carbons (Fsp3) is 0.909. The van der Waals surface area contributed by atoms with Crippen LogP contribution in [0.3, 0.4) is 0 Å². The fourth-order valence-corrected chi connectivity index (χ4v) is 1.43. The molecule has 15 heavy (non-hydrogen) atoms. The molecule has 0 bridgehead atoms. The van der Waals surface area contributed by atoms with Gasteiger partial charge in [-0.3, -0.25) is 0 Å². The van der Waals surface area contributed by atoms with Gasteiger partial charge in [0.25, 0.3) is 0 Å². The highest BCUT2D eigenvalue weighted by molar-refractivity contribution is 5.68. The smallest absolute Gasteiger partial charge is 0.407 e. The summed E-state index contributed by atoms with van der Waals surface area (Å²) in [6.45, 7) is 6.13. The molecule has 0 unspecified atom stereocenters. The third kappa shape index (κ3) is 5.02. The van der Waals surface area contributed by atoms with E-state index in [0.29, 0.717) is 12.5 Å². The van der Waals surface area contributed by atoms with Gasteiger partial charge in [-0.2, -0.15) is 0 Å². The van der Waals surface area contributed by atoms with E-state index in [0.717, 1.165) is 0 Å². The SMILES string of the molecule is COC[C@H](NC(=O)OC(C)(C)C)C1CC1. The van der Waals surface area contributed by atoms with Crippen LogP contribution in [0.5, 0.6) is 0 Å². The number of alkyl carbamates (subject to hydrolysis) is 1. The largest absolute Gasteiger partial charge is 0.444 e. The number of hydrogen-bond donors (Lipinski definition) is 1. The quantitative estimate of drug-likeness (QED) is 0.779. The lowest BCUT2D eigenvalue weighted by atomic mass is 10.2. The zero-order valence-corrected chi connectivity index (χ0v) is 10.0. The van der Waals surface area contributed by atoms with Gasteiger partial charge in [0, 0.05) is 7.11 Å². The van der Waals surface area contributed by atoms with E-state index in [1.807, 2.05) is 20.8 Å². The lowest BCUT2D eigenvalue weighted by molar-refractivity contribution is 0.0457. The summed E-state index contributed by atoms with van der Waals surface area (Å²) >= 11 is 0. The van der Waals surface area contributed by atoms with Crippen LogP contribution in [0.4, 0.5) is 4.79 Å². The molecule has 4 heteroatoms. The van der Waals surface area contributed by atoms with Gasteiger partial charge in [-0.05, 0) is 39.5 Å². The maximum absolute atomic E-state index is 11.5. The average molecular weight is 215 g/mol. The van der Waals surface area contributed by atoms with Gasteiger partial charge in [0.05, 0.1) is 12.6 Å². The summed E-state index contributed by atoms with van der Waals surface area (Å²) in [7, 11) is 1.64. The molecule has 1 atom stereocenters. The lowest BCUT2D eigenvalue weighted by Crippen LogP contribution is -2.42. The molecule has 0 aromatic rings. The van der Waals surface area contributed by atoms with Crippen LogP contribution < -0.4 is 5.32 Å². The summed E-state index contributed by atoms with van der Waals surface area (Å²) in [6.07, 6.45) is 1.99. The van der Waals surface area contributed by atoms with Crippen LogP contribution in [0.2, 0.25) is 0 Å². The molecule has 0 aliphatic heterocycles. The molecule has 0 heterocycles. The highest BCUT2D eigenvalue weighted by Crippen LogP contribution is 2.32. The molecule has 1 aliphatic rings. The van der Waals surface area contributed by atoms with Crippen LogP contribution >= 0.6 is 0 Å². The number of ether oxygens (including phenoxy) is 2. The van der Waals surface area contributed by atoms with Crippen LogP contribution in [0.25, 0.3) is 0 Å². The average Bonchev–Trinajstić information content (AvgIpc) is 2.81. The fourth-order valence-electron chi connectivity index (χ4n) is 1.43. The van der Waals surface area contributed by atoms with Crippen LogP contribution in [-0.2, 0) is 9.47 Å². The number of nitrogens with one attached hydrogen (secondary N) is 1. The minimum atomic E-state index is -0.439. The van der Waals surface area contributed by atoms with Gasteiger partial charge >= 0.3 is 6.09 Å². The van der Waals surface area contributed by atoms with Gasteiger partial charge in [-0.25, -0.2) is 4.79 Å². The second kappa shape index (κ2) is 4.84. The Kier molecular flexibility index (Phi) is 3.97. The van der Waals surface area contributed by atoms with Crippen LogP contribution in [0.15, 0.2) is 0 Å². The van der Waals surface area contributed by atoms with Crippen molar-refractivity contribution in [2.45, 2.75) is 45.3 Å². The third-order valence-corrected chi connectivity index (χ3v) is 2.24. The van der Waals surface area contributed by atoms with E-state index >= 15 is 0 Å². The first-order chi connectivity index (χ1) is 6.92. The predicted molar refractivity (Wildman–Crippen MR) is 57.8 cm³/mol.